The average Bonchev–Trinajstić information content (AvgIpc) is 3.16. The smallest absolute Gasteiger partial charge is 0.410 e. The molecule has 8 nitrogen and oxygen atoms in total. The zero-order valence-corrected chi connectivity index (χ0v) is 13.6. The Bertz CT molecular complexity index is 566. The molecule has 2 saturated heterocycles. The summed E-state index contributed by atoms with van der Waals surface area (Å²) in [6.07, 6.45) is 4.44. The van der Waals surface area contributed by atoms with Crippen LogP contribution in [0, 0.1) is 0 Å². The lowest BCUT2D eigenvalue weighted by atomic mass is 9.91. The van der Waals surface area contributed by atoms with Crippen LogP contribution in [-0.4, -0.2) is 68.3 Å². The molecular formula is C15H23N5O3. The number of piperidine rings is 1. The van der Waals surface area contributed by atoms with Crippen molar-refractivity contribution in [3.63, 3.8) is 0 Å². The van der Waals surface area contributed by atoms with Crippen LogP contribution < -0.4 is 0 Å². The third-order valence-electron chi connectivity index (χ3n) is 4.81. The van der Waals surface area contributed by atoms with Gasteiger partial charge in [-0.15, -0.1) is 0 Å². The van der Waals surface area contributed by atoms with Gasteiger partial charge >= 0.3 is 6.09 Å². The van der Waals surface area contributed by atoms with Gasteiger partial charge < -0.3 is 14.5 Å². The topological polar surface area (TPSA) is 91.4 Å². The Morgan fingerprint density at radius 1 is 1.48 bits per heavy atom. The molecular weight excluding hydrogens is 298 g/mol. The second-order valence-corrected chi connectivity index (χ2v) is 6.44. The highest BCUT2D eigenvalue weighted by Crippen LogP contribution is 2.34. The van der Waals surface area contributed by atoms with Crippen molar-refractivity contribution < 1.29 is 14.3 Å². The number of carbonyl (C=O) groups is 2. The van der Waals surface area contributed by atoms with Crippen LogP contribution in [0.2, 0.25) is 0 Å². The molecule has 1 spiro atoms. The molecule has 0 bridgehead atoms. The van der Waals surface area contributed by atoms with Crippen LogP contribution in [0.15, 0.2) is 6.33 Å². The Kier molecular flexibility index (Phi) is 4.23. The molecule has 0 aromatic carbocycles. The molecule has 2 fully saturated rings. The molecule has 2 aliphatic heterocycles. The van der Waals surface area contributed by atoms with Gasteiger partial charge in [0, 0.05) is 32.0 Å². The minimum atomic E-state index is -0.447. The lowest BCUT2D eigenvalue weighted by Gasteiger charge is -2.37. The van der Waals surface area contributed by atoms with Gasteiger partial charge in [0.2, 0.25) is 5.82 Å². The van der Waals surface area contributed by atoms with E-state index >= 15 is 0 Å². The lowest BCUT2D eigenvalue weighted by Crippen LogP contribution is -2.49. The SMILES string of the molecule is CCC[C@H](C)N1CC2(CCN(C(=O)c3ncn[nH]3)CC2)OC1=O. The summed E-state index contributed by atoms with van der Waals surface area (Å²) < 4.78 is 5.70. The molecule has 2 amide bonds. The molecule has 1 aromatic rings. The fourth-order valence-electron chi connectivity index (χ4n) is 3.40. The summed E-state index contributed by atoms with van der Waals surface area (Å²) in [7, 11) is 0. The van der Waals surface area contributed by atoms with Gasteiger partial charge in [0.25, 0.3) is 5.91 Å². The summed E-state index contributed by atoms with van der Waals surface area (Å²) in [5.74, 6) is 0.0976. The highest BCUT2D eigenvalue weighted by Gasteiger charge is 2.48. The summed E-state index contributed by atoms with van der Waals surface area (Å²) in [4.78, 5) is 31.9. The normalized spacial score (nSPS) is 21.6. The van der Waals surface area contributed by atoms with E-state index in [9.17, 15) is 9.59 Å². The Morgan fingerprint density at radius 3 is 2.83 bits per heavy atom. The molecule has 0 aliphatic carbocycles. The minimum Gasteiger partial charge on any atom is -0.441 e. The molecule has 23 heavy (non-hydrogen) atoms. The van der Waals surface area contributed by atoms with Crippen LogP contribution in [0.25, 0.3) is 0 Å². The highest BCUT2D eigenvalue weighted by atomic mass is 16.6. The van der Waals surface area contributed by atoms with E-state index in [0.29, 0.717) is 32.5 Å². The molecule has 1 N–H and O–H groups in total. The van der Waals surface area contributed by atoms with Crippen molar-refractivity contribution in [1.82, 2.24) is 25.0 Å². The first-order valence-electron chi connectivity index (χ1n) is 8.19. The number of carbonyl (C=O) groups excluding carboxylic acids is 2. The highest BCUT2D eigenvalue weighted by molar-refractivity contribution is 5.90. The van der Waals surface area contributed by atoms with E-state index in [1.165, 1.54) is 6.33 Å². The Labute approximate surface area is 135 Å². The van der Waals surface area contributed by atoms with Crippen molar-refractivity contribution in [2.75, 3.05) is 19.6 Å². The summed E-state index contributed by atoms with van der Waals surface area (Å²) in [6, 6.07) is 0.195. The minimum absolute atomic E-state index is 0.155. The second-order valence-electron chi connectivity index (χ2n) is 6.44. The Hall–Kier alpha value is -2.12. The zero-order chi connectivity index (χ0) is 16.4. The summed E-state index contributed by atoms with van der Waals surface area (Å²) in [6.45, 7) is 5.91. The third kappa shape index (κ3) is 3.02. The second kappa shape index (κ2) is 6.17. The van der Waals surface area contributed by atoms with Gasteiger partial charge in [-0.1, -0.05) is 13.3 Å². The molecule has 3 heterocycles. The summed E-state index contributed by atoms with van der Waals surface area (Å²) in [5, 5.41) is 6.30. The summed E-state index contributed by atoms with van der Waals surface area (Å²) in [5.41, 5.74) is -0.447. The maximum absolute atomic E-state index is 12.3. The van der Waals surface area contributed by atoms with Crippen LogP contribution in [0.1, 0.15) is 50.1 Å². The van der Waals surface area contributed by atoms with E-state index in [4.69, 9.17) is 4.74 Å². The van der Waals surface area contributed by atoms with Gasteiger partial charge in [-0.3, -0.25) is 9.89 Å². The largest absolute Gasteiger partial charge is 0.441 e. The first kappa shape index (κ1) is 15.8. The monoisotopic (exact) mass is 321 g/mol. The van der Waals surface area contributed by atoms with Crippen LogP contribution in [-0.2, 0) is 4.74 Å². The van der Waals surface area contributed by atoms with Crippen LogP contribution in [0.3, 0.4) is 0 Å². The van der Waals surface area contributed by atoms with Gasteiger partial charge in [-0.2, -0.15) is 5.10 Å². The van der Waals surface area contributed by atoms with Crippen molar-refractivity contribution in [3.8, 4) is 0 Å². The van der Waals surface area contributed by atoms with E-state index in [2.05, 4.69) is 29.0 Å². The zero-order valence-electron chi connectivity index (χ0n) is 13.6. The van der Waals surface area contributed by atoms with E-state index in [1.54, 1.807) is 4.90 Å². The van der Waals surface area contributed by atoms with E-state index in [0.717, 1.165) is 12.8 Å². The number of ether oxygens (including phenoxy) is 1. The van der Waals surface area contributed by atoms with Gasteiger partial charge in [-0.25, -0.2) is 9.78 Å². The van der Waals surface area contributed by atoms with Crippen molar-refractivity contribution >= 4 is 12.0 Å². The number of amides is 2. The third-order valence-corrected chi connectivity index (χ3v) is 4.81. The van der Waals surface area contributed by atoms with Gasteiger partial charge in [0.05, 0.1) is 6.54 Å². The number of hydrogen-bond acceptors (Lipinski definition) is 5. The standard InChI is InChI=1S/C15H23N5O3/c1-3-4-11(2)20-9-15(23-14(20)22)5-7-19(8-6-15)13(21)12-16-10-17-18-12/h10-11H,3-9H2,1-2H3,(H,16,17,18)/t11-/m0/s1. The molecule has 3 rings (SSSR count). The number of nitrogens with one attached hydrogen (secondary N) is 1. The summed E-state index contributed by atoms with van der Waals surface area (Å²) >= 11 is 0. The maximum atomic E-state index is 12.3. The van der Waals surface area contributed by atoms with Gasteiger partial charge in [0.15, 0.2) is 0 Å². The molecule has 1 atom stereocenters. The van der Waals surface area contributed by atoms with Crippen molar-refractivity contribution in [1.29, 1.82) is 0 Å². The van der Waals surface area contributed by atoms with Crippen LogP contribution in [0.5, 0.6) is 0 Å². The van der Waals surface area contributed by atoms with Gasteiger partial charge in [-0.05, 0) is 13.3 Å². The van der Waals surface area contributed by atoms with Crippen molar-refractivity contribution in [3.05, 3.63) is 12.2 Å². The first-order valence-corrected chi connectivity index (χ1v) is 8.19. The predicted molar refractivity (Wildman–Crippen MR) is 81.8 cm³/mol. The number of hydrogen-bond donors (Lipinski definition) is 1. The molecule has 8 heteroatoms. The Morgan fingerprint density at radius 2 is 2.22 bits per heavy atom. The first-order chi connectivity index (χ1) is 11.0. The van der Waals surface area contributed by atoms with Crippen molar-refractivity contribution in [2.24, 2.45) is 0 Å². The van der Waals surface area contributed by atoms with E-state index < -0.39 is 5.60 Å². The fraction of sp³-hybridized carbons (Fsp3) is 0.733. The number of aromatic nitrogens is 3. The number of aromatic amines is 1. The lowest BCUT2D eigenvalue weighted by molar-refractivity contribution is 0.00272. The van der Waals surface area contributed by atoms with Crippen molar-refractivity contribution in [2.45, 2.75) is 51.2 Å². The van der Waals surface area contributed by atoms with Crippen LogP contribution in [0.4, 0.5) is 4.79 Å². The molecule has 0 unspecified atom stereocenters. The van der Waals surface area contributed by atoms with E-state index in [1.807, 2.05) is 4.90 Å². The molecule has 2 aliphatic rings. The number of rotatable bonds is 4. The number of H-pyrrole nitrogens is 1. The maximum Gasteiger partial charge on any atom is 0.410 e. The van der Waals surface area contributed by atoms with E-state index in [-0.39, 0.29) is 23.9 Å². The predicted octanol–water partition coefficient (Wildman–Crippen LogP) is 1.42. The molecule has 126 valence electrons. The molecule has 0 saturated carbocycles. The molecule has 1 aromatic heterocycles. The fourth-order valence-corrected chi connectivity index (χ4v) is 3.40. The van der Waals surface area contributed by atoms with Crippen LogP contribution >= 0.6 is 0 Å². The average molecular weight is 321 g/mol. The quantitative estimate of drug-likeness (QED) is 0.905. The Balaban J connectivity index is 1.60. The number of likely N-dealkylation sites (tertiary alicyclic amines) is 1. The number of nitrogens with zero attached hydrogens (tertiary/aromatic N) is 4. The van der Waals surface area contributed by atoms with Gasteiger partial charge in [0.1, 0.15) is 11.9 Å². The molecule has 0 radical (unpaired) electrons.